The average Bonchev–Trinajstić information content (AvgIpc) is 2.78. The molecule has 0 aromatic heterocycles. The van der Waals surface area contributed by atoms with Crippen LogP contribution >= 0.6 is 0 Å². The van der Waals surface area contributed by atoms with Crippen molar-refractivity contribution in [2.24, 2.45) is 5.92 Å². The van der Waals surface area contributed by atoms with Crippen molar-refractivity contribution in [1.82, 2.24) is 0 Å². The van der Waals surface area contributed by atoms with Crippen molar-refractivity contribution in [1.29, 1.82) is 0 Å². The molecule has 1 aliphatic heterocycles. The van der Waals surface area contributed by atoms with E-state index >= 15 is 0 Å². The largest absolute Gasteiger partial charge is 0.279 e. The fraction of sp³-hybridized carbons (Fsp3) is 0.278. The third-order valence-electron chi connectivity index (χ3n) is 4.37. The summed E-state index contributed by atoms with van der Waals surface area (Å²) in [5.41, 5.74) is 2.41. The number of rotatable bonds is 4. The molecule has 1 aliphatic rings. The van der Waals surface area contributed by atoms with Crippen LogP contribution in [0.25, 0.3) is 0 Å². The number of hydrogen-bond acceptors (Lipinski definition) is 5. The molecule has 9 heteroatoms. The Hall–Kier alpha value is -2.39. The highest BCUT2D eigenvalue weighted by Crippen LogP contribution is 2.29. The maximum Gasteiger partial charge on any atom is 0.261 e. The molecule has 1 amide bonds. The smallest absolute Gasteiger partial charge is 0.261 e. The van der Waals surface area contributed by atoms with Crippen molar-refractivity contribution >= 4 is 37.3 Å². The predicted molar refractivity (Wildman–Crippen MR) is 104 cm³/mol. The molecule has 7 nitrogen and oxygen atoms in total. The van der Waals surface area contributed by atoms with Crippen molar-refractivity contribution < 1.29 is 21.6 Å². The molecular formula is C18H20N2O5S2. The van der Waals surface area contributed by atoms with Gasteiger partial charge in [0.2, 0.25) is 15.9 Å². The Morgan fingerprint density at radius 2 is 1.70 bits per heavy atom. The molecule has 0 spiro atoms. The molecule has 3 rings (SSSR count). The SMILES string of the molecule is Cc1ccc(NS(=O)(=O)c2ccc(N3C(=O)[C@H](C)CS3(=O)=O)cc2)c(C)c1. The van der Waals surface area contributed by atoms with Gasteiger partial charge in [0, 0.05) is 0 Å². The van der Waals surface area contributed by atoms with Crippen LogP contribution in [0.2, 0.25) is 0 Å². The van der Waals surface area contributed by atoms with Gasteiger partial charge >= 0.3 is 0 Å². The number of carbonyl (C=O) groups is 1. The molecule has 1 atom stereocenters. The van der Waals surface area contributed by atoms with Crippen molar-refractivity contribution in [3.05, 3.63) is 53.6 Å². The average molecular weight is 409 g/mol. The molecule has 1 saturated heterocycles. The summed E-state index contributed by atoms with van der Waals surface area (Å²) in [4.78, 5) is 12.1. The van der Waals surface area contributed by atoms with Gasteiger partial charge in [0.25, 0.3) is 10.0 Å². The van der Waals surface area contributed by atoms with Gasteiger partial charge in [-0.1, -0.05) is 24.6 Å². The van der Waals surface area contributed by atoms with Gasteiger partial charge in [-0.3, -0.25) is 9.52 Å². The lowest BCUT2D eigenvalue weighted by Crippen LogP contribution is -2.30. The predicted octanol–water partition coefficient (Wildman–Crippen LogP) is 2.42. The van der Waals surface area contributed by atoms with Crippen LogP contribution in [0, 0.1) is 19.8 Å². The molecule has 144 valence electrons. The van der Waals surface area contributed by atoms with E-state index in [4.69, 9.17) is 0 Å². The zero-order valence-electron chi connectivity index (χ0n) is 15.1. The van der Waals surface area contributed by atoms with Gasteiger partial charge in [-0.25, -0.2) is 21.1 Å². The van der Waals surface area contributed by atoms with Crippen LogP contribution < -0.4 is 9.03 Å². The van der Waals surface area contributed by atoms with Crippen molar-refractivity contribution in [3.63, 3.8) is 0 Å². The molecule has 0 aliphatic carbocycles. The summed E-state index contributed by atoms with van der Waals surface area (Å²) in [7, 11) is -7.57. The Kier molecular flexibility index (Phi) is 4.77. The number of amides is 1. The Balaban J connectivity index is 1.89. The second-order valence-corrected chi connectivity index (χ2v) is 10.2. The van der Waals surface area contributed by atoms with E-state index in [1.807, 2.05) is 13.0 Å². The van der Waals surface area contributed by atoms with Crippen molar-refractivity contribution in [2.45, 2.75) is 25.7 Å². The third kappa shape index (κ3) is 3.70. The van der Waals surface area contributed by atoms with Gasteiger partial charge in [-0.15, -0.1) is 0 Å². The van der Waals surface area contributed by atoms with Gasteiger partial charge in [0.15, 0.2) is 0 Å². The standard InChI is InChI=1S/C18H20N2O5S2/c1-12-4-9-17(13(2)10-12)19-27(24,25)16-7-5-15(6-8-16)20-18(21)14(3)11-26(20,22)23/h4-10,14,19H,11H2,1-3H3/t14-/m1/s1. The van der Waals surface area contributed by atoms with Crippen molar-refractivity contribution in [3.8, 4) is 0 Å². The molecule has 2 aromatic carbocycles. The summed E-state index contributed by atoms with van der Waals surface area (Å²) in [6.45, 7) is 5.27. The first-order valence-corrected chi connectivity index (χ1v) is 11.4. The van der Waals surface area contributed by atoms with E-state index in [9.17, 15) is 21.6 Å². The molecule has 1 fully saturated rings. The fourth-order valence-corrected chi connectivity index (χ4v) is 5.93. The monoisotopic (exact) mass is 408 g/mol. The lowest BCUT2D eigenvalue weighted by Gasteiger charge is -2.16. The maximum absolute atomic E-state index is 12.6. The highest BCUT2D eigenvalue weighted by atomic mass is 32.2. The highest BCUT2D eigenvalue weighted by molar-refractivity contribution is 7.94. The van der Waals surface area contributed by atoms with Crippen LogP contribution in [-0.2, 0) is 24.8 Å². The van der Waals surface area contributed by atoms with E-state index in [0.717, 1.165) is 15.4 Å². The van der Waals surface area contributed by atoms with Crippen LogP contribution in [0.1, 0.15) is 18.1 Å². The van der Waals surface area contributed by atoms with E-state index < -0.39 is 31.9 Å². The Morgan fingerprint density at radius 1 is 1.07 bits per heavy atom. The van der Waals surface area contributed by atoms with Crippen LogP contribution in [0.4, 0.5) is 11.4 Å². The number of benzene rings is 2. The lowest BCUT2D eigenvalue weighted by molar-refractivity contribution is -0.119. The molecule has 0 saturated carbocycles. The van der Waals surface area contributed by atoms with Gasteiger partial charge in [0.1, 0.15) is 0 Å². The quantitative estimate of drug-likeness (QED) is 0.837. The Labute approximate surface area is 159 Å². The normalized spacial score (nSPS) is 19.3. The first-order chi connectivity index (χ1) is 12.5. The number of aryl methyl sites for hydroxylation is 2. The van der Waals surface area contributed by atoms with E-state index in [1.165, 1.54) is 24.3 Å². The number of nitrogens with one attached hydrogen (secondary N) is 1. The van der Waals surface area contributed by atoms with E-state index in [1.54, 1.807) is 26.0 Å². The zero-order chi connectivity index (χ0) is 20.0. The zero-order valence-corrected chi connectivity index (χ0v) is 16.8. The summed E-state index contributed by atoms with van der Waals surface area (Å²) in [6.07, 6.45) is 0. The number of sulfonamides is 2. The fourth-order valence-electron chi connectivity index (χ4n) is 2.98. The molecule has 0 bridgehead atoms. The summed E-state index contributed by atoms with van der Waals surface area (Å²) in [6, 6.07) is 10.6. The second-order valence-electron chi connectivity index (χ2n) is 6.70. The topological polar surface area (TPSA) is 101 Å². The van der Waals surface area contributed by atoms with Crippen LogP contribution in [0.5, 0.6) is 0 Å². The van der Waals surface area contributed by atoms with E-state index in [2.05, 4.69) is 4.72 Å². The molecule has 0 unspecified atom stereocenters. The van der Waals surface area contributed by atoms with E-state index in [-0.39, 0.29) is 16.3 Å². The molecule has 27 heavy (non-hydrogen) atoms. The first-order valence-electron chi connectivity index (χ1n) is 8.28. The summed E-state index contributed by atoms with van der Waals surface area (Å²) in [5, 5.41) is 0. The van der Waals surface area contributed by atoms with Crippen LogP contribution in [0.3, 0.4) is 0 Å². The highest BCUT2D eigenvalue weighted by Gasteiger charge is 2.41. The van der Waals surface area contributed by atoms with Gasteiger partial charge in [0.05, 0.1) is 27.9 Å². The Morgan fingerprint density at radius 3 is 2.22 bits per heavy atom. The summed E-state index contributed by atoms with van der Waals surface area (Å²) in [5.74, 6) is -1.39. The minimum Gasteiger partial charge on any atom is -0.279 e. The van der Waals surface area contributed by atoms with Gasteiger partial charge < -0.3 is 0 Å². The minimum absolute atomic E-state index is 0.0247. The third-order valence-corrected chi connectivity index (χ3v) is 7.62. The van der Waals surface area contributed by atoms with E-state index in [0.29, 0.717) is 5.69 Å². The lowest BCUT2D eigenvalue weighted by atomic mass is 10.1. The van der Waals surface area contributed by atoms with Gasteiger partial charge in [-0.2, -0.15) is 0 Å². The molecule has 1 N–H and O–H groups in total. The van der Waals surface area contributed by atoms with Crippen molar-refractivity contribution in [2.75, 3.05) is 14.8 Å². The molecule has 0 radical (unpaired) electrons. The number of carbonyl (C=O) groups excluding carboxylic acids is 1. The van der Waals surface area contributed by atoms with Gasteiger partial charge in [-0.05, 0) is 49.7 Å². The molecule has 1 heterocycles. The summed E-state index contributed by atoms with van der Waals surface area (Å²) < 4.78 is 52.8. The molecule has 2 aromatic rings. The second kappa shape index (κ2) is 6.65. The number of nitrogens with zero attached hydrogens (tertiary/aromatic N) is 1. The Bertz CT molecular complexity index is 1110. The number of hydrogen-bond donors (Lipinski definition) is 1. The summed E-state index contributed by atoms with van der Waals surface area (Å²) >= 11 is 0. The minimum atomic E-state index is -3.84. The first kappa shape index (κ1) is 19.4. The number of anilines is 2. The van der Waals surface area contributed by atoms with Crippen LogP contribution in [-0.4, -0.2) is 28.5 Å². The van der Waals surface area contributed by atoms with Crippen LogP contribution in [0.15, 0.2) is 47.4 Å². The molecular weight excluding hydrogens is 388 g/mol. The maximum atomic E-state index is 12.6.